The molecule has 1 aromatic heterocycles. The van der Waals surface area contributed by atoms with Gasteiger partial charge in [0.05, 0.1) is 6.20 Å². The zero-order valence-corrected chi connectivity index (χ0v) is 12.3. The lowest BCUT2D eigenvalue weighted by atomic mass is 9.93. The smallest absolute Gasteiger partial charge is 0.225 e. The molecule has 112 valence electrons. The highest BCUT2D eigenvalue weighted by Gasteiger charge is 2.19. The predicted octanol–water partition coefficient (Wildman–Crippen LogP) is 2.76. The Hall–Kier alpha value is -1.91. The summed E-state index contributed by atoms with van der Waals surface area (Å²) in [6.07, 6.45) is 14.0. The highest BCUT2D eigenvalue weighted by Crippen LogP contribution is 2.26. The normalized spacial score (nSPS) is 21.5. The van der Waals surface area contributed by atoms with Crippen molar-refractivity contribution in [3.05, 3.63) is 24.7 Å². The fourth-order valence-corrected chi connectivity index (χ4v) is 3.08. The van der Waals surface area contributed by atoms with Crippen LogP contribution < -0.4 is 10.2 Å². The highest BCUT2D eigenvalue weighted by atomic mass is 16.1. The average molecular weight is 286 g/mol. The molecule has 1 aliphatic carbocycles. The van der Waals surface area contributed by atoms with Gasteiger partial charge in [-0.3, -0.25) is 4.79 Å². The maximum absolute atomic E-state index is 12.2. The molecular weight excluding hydrogens is 264 g/mol. The van der Waals surface area contributed by atoms with Crippen LogP contribution in [0.4, 0.5) is 11.5 Å². The van der Waals surface area contributed by atoms with Gasteiger partial charge in [-0.2, -0.15) is 0 Å². The van der Waals surface area contributed by atoms with E-state index in [1.54, 1.807) is 12.5 Å². The first kappa shape index (κ1) is 14.0. The summed E-state index contributed by atoms with van der Waals surface area (Å²) in [4.78, 5) is 22.8. The van der Waals surface area contributed by atoms with Crippen molar-refractivity contribution in [2.75, 3.05) is 23.3 Å². The van der Waals surface area contributed by atoms with Crippen LogP contribution in [0.2, 0.25) is 0 Å². The van der Waals surface area contributed by atoms with Crippen molar-refractivity contribution < 1.29 is 4.79 Å². The van der Waals surface area contributed by atoms with Crippen LogP contribution in [0.5, 0.6) is 0 Å². The SMILES string of the molecule is O=C(CC1C=CCCC1)Nc1cncnc1N1CCCC1. The molecular formula is C16H22N4O. The number of hydrogen-bond acceptors (Lipinski definition) is 4. The summed E-state index contributed by atoms with van der Waals surface area (Å²) in [5.41, 5.74) is 0.740. The first-order valence-corrected chi connectivity index (χ1v) is 7.84. The van der Waals surface area contributed by atoms with Crippen LogP contribution in [0.1, 0.15) is 38.5 Å². The van der Waals surface area contributed by atoms with Crippen molar-refractivity contribution in [1.82, 2.24) is 9.97 Å². The van der Waals surface area contributed by atoms with Crippen LogP contribution >= 0.6 is 0 Å². The Labute approximate surface area is 125 Å². The third-order valence-electron chi connectivity index (χ3n) is 4.17. The summed E-state index contributed by atoms with van der Waals surface area (Å²) in [6.45, 7) is 2.01. The van der Waals surface area contributed by atoms with E-state index < -0.39 is 0 Å². The zero-order chi connectivity index (χ0) is 14.5. The fourth-order valence-electron chi connectivity index (χ4n) is 3.08. The summed E-state index contributed by atoms with van der Waals surface area (Å²) in [5.74, 6) is 1.29. The summed E-state index contributed by atoms with van der Waals surface area (Å²) in [5, 5.41) is 3.00. The van der Waals surface area contributed by atoms with Crippen molar-refractivity contribution in [2.24, 2.45) is 5.92 Å². The van der Waals surface area contributed by atoms with Gasteiger partial charge in [0.25, 0.3) is 0 Å². The molecule has 0 saturated carbocycles. The van der Waals surface area contributed by atoms with Gasteiger partial charge in [-0.15, -0.1) is 0 Å². The first-order valence-electron chi connectivity index (χ1n) is 7.84. The van der Waals surface area contributed by atoms with Gasteiger partial charge in [0.1, 0.15) is 12.0 Å². The van der Waals surface area contributed by atoms with E-state index in [1.807, 2.05) is 0 Å². The van der Waals surface area contributed by atoms with Crippen molar-refractivity contribution in [3.8, 4) is 0 Å². The molecule has 1 aliphatic heterocycles. The Balaban J connectivity index is 1.65. The van der Waals surface area contributed by atoms with E-state index in [-0.39, 0.29) is 5.91 Å². The number of amides is 1. The van der Waals surface area contributed by atoms with Gasteiger partial charge < -0.3 is 10.2 Å². The molecule has 1 saturated heterocycles. The van der Waals surface area contributed by atoms with Gasteiger partial charge in [-0.25, -0.2) is 9.97 Å². The summed E-state index contributed by atoms with van der Waals surface area (Å²) < 4.78 is 0. The number of carbonyl (C=O) groups excluding carboxylic acids is 1. The largest absolute Gasteiger partial charge is 0.355 e. The topological polar surface area (TPSA) is 58.1 Å². The second-order valence-electron chi connectivity index (χ2n) is 5.83. The van der Waals surface area contributed by atoms with Crippen LogP contribution in [-0.2, 0) is 4.79 Å². The molecule has 5 nitrogen and oxygen atoms in total. The van der Waals surface area contributed by atoms with Crippen molar-refractivity contribution >= 4 is 17.4 Å². The van der Waals surface area contributed by atoms with E-state index in [1.165, 1.54) is 19.3 Å². The van der Waals surface area contributed by atoms with E-state index >= 15 is 0 Å². The zero-order valence-electron chi connectivity index (χ0n) is 12.3. The molecule has 3 rings (SSSR count). The number of carbonyl (C=O) groups is 1. The minimum absolute atomic E-state index is 0.0572. The van der Waals surface area contributed by atoms with Gasteiger partial charge in [0.15, 0.2) is 5.82 Å². The van der Waals surface area contributed by atoms with E-state index in [0.717, 1.165) is 37.4 Å². The third-order valence-corrected chi connectivity index (χ3v) is 4.17. The molecule has 0 aromatic carbocycles. The first-order chi connectivity index (χ1) is 10.3. The molecule has 0 radical (unpaired) electrons. The second kappa shape index (κ2) is 6.70. The maximum Gasteiger partial charge on any atom is 0.225 e. The van der Waals surface area contributed by atoms with Crippen molar-refractivity contribution in [2.45, 2.75) is 38.5 Å². The third kappa shape index (κ3) is 3.60. The molecule has 1 amide bonds. The number of nitrogens with zero attached hydrogens (tertiary/aromatic N) is 3. The van der Waals surface area contributed by atoms with E-state index in [4.69, 9.17) is 0 Å². The second-order valence-corrected chi connectivity index (χ2v) is 5.83. The van der Waals surface area contributed by atoms with Gasteiger partial charge in [0.2, 0.25) is 5.91 Å². The van der Waals surface area contributed by atoms with Crippen LogP contribution in [0.3, 0.4) is 0 Å². The summed E-state index contributed by atoms with van der Waals surface area (Å²) in [7, 11) is 0. The molecule has 0 bridgehead atoms. The minimum atomic E-state index is 0.0572. The fraction of sp³-hybridized carbons (Fsp3) is 0.562. The predicted molar refractivity (Wildman–Crippen MR) is 83.2 cm³/mol. The Kier molecular flexibility index (Phi) is 4.48. The van der Waals surface area contributed by atoms with Crippen molar-refractivity contribution in [1.29, 1.82) is 0 Å². The highest BCUT2D eigenvalue weighted by molar-refractivity contribution is 5.93. The quantitative estimate of drug-likeness (QED) is 0.865. The number of allylic oxidation sites excluding steroid dienone is 2. The lowest BCUT2D eigenvalue weighted by molar-refractivity contribution is -0.116. The molecule has 1 N–H and O–H groups in total. The lowest BCUT2D eigenvalue weighted by Gasteiger charge is -2.20. The maximum atomic E-state index is 12.2. The monoisotopic (exact) mass is 286 g/mol. The Morgan fingerprint density at radius 1 is 1.33 bits per heavy atom. The molecule has 1 unspecified atom stereocenters. The number of anilines is 2. The summed E-state index contributed by atoms with van der Waals surface area (Å²) >= 11 is 0. The molecule has 21 heavy (non-hydrogen) atoms. The Morgan fingerprint density at radius 2 is 2.19 bits per heavy atom. The van der Waals surface area contributed by atoms with Crippen LogP contribution in [0.15, 0.2) is 24.7 Å². The minimum Gasteiger partial charge on any atom is -0.355 e. The van der Waals surface area contributed by atoms with Gasteiger partial charge in [0, 0.05) is 19.5 Å². The standard InChI is InChI=1S/C16H22N4O/c21-15(10-13-6-2-1-3-7-13)19-14-11-17-12-18-16(14)20-8-4-5-9-20/h2,6,11-13H,1,3-5,7-10H2,(H,19,21). The summed E-state index contributed by atoms with van der Waals surface area (Å²) in [6, 6.07) is 0. The molecule has 0 spiro atoms. The number of rotatable bonds is 4. The average Bonchev–Trinajstić information content (AvgIpc) is 3.03. The van der Waals surface area contributed by atoms with Crippen molar-refractivity contribution in [3.63, 3.8) is 0 Å². The molecule has 5 heteroatoms. The number of aromatic nitrogens is 2. The number of nitrogens with one attached hydrogen (secondary N) is 1. The number of hydrogen-bond donors (Lipinski definition) is 1. The van der Waals surface area contributed by atoms with Gasteiger partial charge in [-0.05, 0) is 38.0 Å². The molecule has 1 aromatic rings. The lowest BCUT2D eigenvalue weighted by Crippen LogP contribution is -2.23. The van der Waals surface area contributed by atoms with E-state index in [0.29, 0.717) is 12.3 Å². The molecule has 1 atom stereocenters. The van der Waals surface area contributed by atoms with Gasteiger partial charge >= 0.3 is 0 Å². The molecule has 2 aliphatic rings. The van der Waals surface area contributed by atoms with Crippen LogP contribution in [0.25, 0.3) is 0 Å². The van der Waals surface area contributed by atoms with Crippen LogP contribution in [0, 0.1) is 5.92 Å². The Bertz CT molecular complexity index is 523. The molecule has 2 heterocycles. The molecule has 1 fully saturated rings. The Morgan fingerprint density at radius 3 is 2.95 bits per heavy atom. The van der Waals surface area contributed by atoms with Crippen LogP contribution in [-0.4, -0.2) is 29.0 Å². The van der Waals surface area contributed by atoms with E-state index in [9.17, 15) is 4.79 Å². The van der Waals surface area contributed by atoms with E-state index in [2.05, 4.69) is 32.3 Å². The van der Waals surface area contributed by atoms with Gasteiger partial charge in [-0.1, -0.05) is 12.2 Å².